The first-order chi connectivity index (χ1) is 10.1. The number of ether oxygens (including phenoxy) is 1. The lowest BCUT2D eigenvalue weighted by Crippen LogP contribution is -2.38. The SMILES string of the molecule is Cn1c(CC(CCOCC(F)F)NN)nc2ccccc21. The van der Waals surface area contributed by atoms with Gasteiger partial charge >= 0.3 is 0 Å². The van der Waals surface area contributed by atoms with Crippen molar-refractivity contribution in [3.8, 4) is 0 Å². The molecule has 0 aliphatic heterocycles. The van der Waals surface area contributed by atoms with E-state index in [9.17, 15) is 8.78 Å². The Hall–Kier alpha value is -1.57. The van der Waals surface area contributed by atoms with Crippen molar-refractivity contribution >= 4 is 11.0 Å². The van der Waals surface area contributed by atoms with Gasteiger partial charge in [-0.2, -0.15) is 0 Å². The van der Waals surface area contributed by atoms with Crippen molar-refractivity contribution in [3.63, 3.8) is 0 Å². The molecule has 0 amide bonds. The van der Waals surface area contributed by atoms with E-state index < -0.39 is 13.0 Å². The minimum atomic E-state index is -2.44. The summed E-state index contributed by atoms with van der Waals surface area (Å²) in [6.45, 7) is -0.299. The van der Waals surface area contributed by atoms with Crippen LogP contribution in [0.5, 0.6) is 0 Å². The summed E-state index contributed by atoms with van der Waals surface area (Å²) < 4.78 is 30.9. The molecule has 2 aromatic rings. The zero-order valence-corrected chi connectivity index (χ0v) is 11.9. The average molecular weight is 298 g/mol. The maximum atomic E-state index is 12.0. The van der Waals surface area contributed by atoms with Crippen molar-refractivity contribution in [3.05, 3.63) is 30.1 Å². The number of nitrogens with two attached hydrogens (primary N) is 1. The third kappa shape index (κ3) is 4.20. The van der Waals surface area contributed by atoms with E-state index >= 15 is 0 Å². The summed E-state index contributed by atoms with van der Waals surface area (Å²) in [4.78, 5) is 4.56. The molecule has 0 saturated carbocycles. The monoisotopic (exact) mass is 298 g/mol. The summed E-state index contributed by atoms with van der Waals surface area (Å²) in [6, 6.07) is 7.79. The second-order valence-electron chi connectivity index (χ2n) is 4.90. The smallest absolute Gasteiger partial charge is 0.261 e. The van der Waals surface area contributed by atoms with Gasteiger partial charge in [-0.3, -0.25) is 11.3 Å². The van der Waals surface area contributed by atoms with Crippen LogP contribution < -0.4 is 11.3 Å². The Morgan fingerprint density at radius 3 is 2.81 bits per heavy atom. The molecule has 2 rings (SSSR count). The van der Waals surface area contributed by atoms with Gasteiger partial charge in [0.05, 0.1) is 11.0 Å². The number of aryl methyl sites for hydroxylation is 1. The summed E-state index contributed by atoms with van der Waals surface area (Å²) in [5.41, 5.74) is 4.67. The topological polar surface area (TPSA) is 65.1 Å². The summed E-state index contributed by atoms with van der Waals surface area (Å²) >= 11 is 0. The summed E-state index contributed by atoms with van der Waals surface area (Å²) in [7, 11) is 1.95. The lowest BCUT2D eigenvalue weighted by molar-refractivity contribution is 0.0143. The zero-order valence-electron chi connectivity index (χ0n) is 11.9. The molecule has 0 bridgehead atoms. The molecule has 21 heavy (non-hydrogen) atoms. The van der Waals surface area contributed by atoms with E-state index in [0.717, 1.165) is 16.9 Å². The molecule has 7 heteroatoms. The van der Waals surface area contributed by atoms with Crippen molar-refractivity contribution in [1.82, 2.24) is 15.0 Å². The molecule has 5 nitrogen and oxygen atoms in total. The van der Waals surface area contributed by atoms with Gasteiger partial charge < -0.3 is 9.30 Å². The molecule has 1 atom stereocenters. The molecule has 3 N–H and O–H groups in total. The Kier molecular flexibility index (Phi) is 5.60. The van der Waals surface area contributed by atoms with Crippen LogP contribution in [0, 0.1) is 0 Å². The third-order valence-corrected chi connectivity index (χ3v) is 3.40. The number of fused-ring (bicyclic) bond motifs is 1. The number of hydrazine groups is 1. The van der Waals surface area contributed by atoms with Crippen molar-refractivity contribution in [2.45, 2.75) is 25.3 Å². The van der Waals surface area contributed by atoms with E-state index in [0.29, 0.717) is 12.8 Å². The van der Waals surface area contributed by atoms with E-state index in [1.54, 1.807) is 0 Å². The van der Waals surface area contributed by atoms with Crippen LogP contribution in [-0.2, 0) is 18.2 Å². The second kappa shape index (κ2) is 7.44. The number of para-hydroxylation sites is 2. The van der Waals surface area contributed by atoms with E-state index in [2.05, 4.69) is 10.4 Å². The normalized spacial score (nSPS) is 13.2. The Morgan fingerprint density at radius 2 is 2.14 bits per heavy atom. The molecule has 0 fully saturated rings. The van der Waals surface area contributed by atoms with Crippen LogP contribution in [0.4, 0.5) is 8.78 Å². The molecule has 1 aromatic heterocycles. The highest BCUT2D eigenvalue weighted by Crippen LogP contribution is 2.15. The molecule has 0 spiro atoms. The maximum Gasteiger partial charge on any atom is 0.261 e. The second-order valence-corrected chi connectivity index (χ2v) is 4.90. The molecule has 1 aromatic carbocycles. The predicted octanol–water partition coefficient (Wildman–Crippen LogP) is 1.62. The molecular weight excluding hydrogens is 278 g/mol. The fourth-order valence-corrected chi connectivity index (χ4v) is 2.24. The molecule has 0 aliphatic rings. The Labute approximate surface area is 122 Å². The van der Waals surface area contributed by atoms with E-state index in [1.807, 2.05) is 35.9 Å². The predicted molar refractivity (Wildman–Crippen MR) is 77.0 cm³/mol. The average Bonchev–Trinajstić information content (AvgIpc) is 2.79. The Morgan fingerprint density at radius 1 is 1.38 bits per heavy atom. The maximum absolute atomic E-state index is 12.0. The van der Waals surface area contributed by atoms with E-state index in [4.69, 9.17) is 10.6 Å². The van der Waals surface area contributed by atoms with Crippen LogP contribution >= 0.6 is 0 Å². The van der Waals surface area contributed by atoms with Gasteiger partial charge in [-0.1, -0.05) is 12.1 Å². The number of nitrogens with one attached hydrogen (secondary N) is 1. The largest absolute Gasteiger partial charge is 0.375 e. The summed E-state index contributed by atoms with van der Waals surface area (Å²) in [5, 5.41) is 0. The lowest BCUT2D eigenvalue weighted by Gasteiger charge is -2.15. The quantitative estimate of drug-likeness (QED) is 0.441. The molecule has 1 heterocycles. The van der Waals surface area contributed by atoms with Crippen molar-refractivity contribution in [2.75, 3.05) is 13.2 Å². The molecular formula is C14H20F2N4O. The number of nitrogens with zero attached hydrogens (tertiary/aromatic N) is 2. The standard InChI is InChI=1S/C14H20F2N4O/c1-20-12-5-3-2-4-11(12)18-14(20)8-10(19-17)6-7-21-9-13(15)16/h2-5,10,13,19H,6-9,17H2,1H3. The molecule has 1 unspecified atom stereocenters. The van der Waals surface area contributed by atoms with Gasteiger partial charge in [0.2, 0.25) is 0 Å². The van der Waals surface area contributed by atoms with Crippen molar-refractivity contribution in [2.24, 2.45) is 12.9 Å². The van der Waals surface area contributed by atoms with Gasteiger partial charge in [0.25, 0.3) is 6.43 Å². The highest BCUT2D eigenvalue weighted by molar-refractivity contribution is 5.75. The molecule has 0 aliphatic carbocycles. The molecule has 0 saturated heterocycles. The van der Waals surface area contributed by atoms with Crippen molar-refractivity contribution < 1.29 is 13.5 Å². The number of halogens is 2. The fraction of sp³-hybridized carbons (Fsp3) is 0.500. The fourth-order valence-electron chi connectivity index (χ4n) is 2.24. The van der Waals surface area contributed by atoms with Gasteiger partial charge in [-0.05, 0) is 18.6 Å². The van der Waals surface area contributed by atoms with Crippen LogP contribution in [0.25, 0.3) is 11.0 Å². The van der Waals surface area contributed by atoms with E-state index in [1.165, 1.54) is 0 Å². The molecule has 116 valence electrons. The Bertz CT molecular complexity index is 573. The highest BCUT2D eigenvalue weighted by Gasteiger charge is 2.14. The Balaban J connectivity index is 1.95. The van der Waals surface area contributed by atoms with Crippen LogP contribution in [0.2, 0.25) is 0 Å². The minimum absolute atomic E-state index is 0.0711. The van der Waals surface area contributed by atoms with Crippen LogP contribution in [0.1, 0.15) is 12.2 Å². The van der Waals surface area contributed by atoms with Gasteiger partial charge in [-0.15, -0.1) is 0 Å². The first-order valence-electron chi connectivity index (χ1n) is 6.84. The zero-order chi connectivity index (χ0) is 15.2. The number of imidazole rings is 1. The van der Waals surface area contributed by atoms with Gasteiger partial charge in [0.15, 0.2) is 0 Å². The number of alkyl halides is 2. The first kappa shape index (κ1) is 15.8. The summed E-state index contributed by atoms with van der Waals surface area (Å²) in [6.07, 6.45) is -1.28. The van der Waals surface area contributed by atoms with Gasteiger partial charge in [0.1, 0.15) is 12.4 Å². The number of hydrogen-bond acceptors (Lipinski definition) is 4. The summed E-state index contributed by atoms with van der Waals surface area (Å²) in [5.74, 6) is 6.41. The number of benzene rings is 1. The van der Waals surface area contributed by atoms with Crippen molar-refractivity contribution in [1.29, 1.82) is 0 Å². The minimum Gasteiger partial charge on any atom is -0.375 e. The lowest BCUT2D eigenvalue weighted by atomic mass is 10.1. The highest BCUT2D eigenvalue weighted by atomic mass is 19.3. The number of rotatable bonds is 8. The van der Waals surface area contributed by atoms with Crippen LogP contribution in [0.15, 0.2) is 24.3 Å². The van der Waals surface area contributed by atoms with Gasteiger partial charge in [0, 0.05) is 26.1 Å². The molecule has 0 radical (unpaired) electrons. The van der Waals surface area contributed by atoms with E-state index in [-0.39, 0.29) is 12.6 Å². The third-order valence-electron chi connectivity index (χ3n) is 3.40. The van der Waals surface area contributed by atoms with Crippen LogP contribution in [-0.4, -0.2) is 35.2 Å². The first-order valence-corrected chi connectivity index (χ1v) is 6.84. The number of hydrogen-bond donors (Lipinski definition) is 2. The number of aromatic nitrogens is 2. The van der Waals surface area contributed by atoms with Crippen LogP contribution in [0.3, 0.4) is 0 Å². The van der Waals surface area contributed by atoms with Gasteiger partial charge in [-0.25, -0.2) is 13.8 Å².